The van der Waals surface area contributed by atoms with Crippen molar-refractivity contribution in [2.24, 2.45) is 0 Å². The van der Waals surface area contributed by atoms with Crippen molar-refractivity contribution in [3.63, 3.8) is 0 Å². The van der Waals surface area contributed by atoms with Gasteiger partial charge in [0, 0.05) is 30.0 Å². The summed E-state index contributed by atoms with van der Waals surface area (Å²) in [5.74, 6) is -0.148. The molecule has 2 rings (SSSR count). The molecule has 0 fully saturated rings. The van der Waals surface area contributed by atoms with E-state index in [2.05, 4.69) is 15.6 Å². The van der Waals surface area contributed by atoms with Gasteiger partial charge in [0.25, 0.3) is 5.91 Å². The van der Waals surface area contributed by atoms with Crippen LogP contribution in [0.3, 0.4) is 0 Å². The van der Waals surface area contributed by atoms with E-state index < -0.39 is 0 Å². The van der Waals surface area contributed by atoms with Gasteiger partial charge < -0.3 is 10.6 Å². The molecular weight excluding hydrogens is 286 g/mol. The summed E-state index contributed by atoms with van der Waals surface area (Å²) < 4.78 is 0. The highest BCUT2D eigenvalue weighted by molar-refractivity contribution is 6.30. The van der Waals surface area contributed by atoms with Gasteiger partial charge in [-0.1, -0.05) is 23.7 Å². The molecule has 0 saturated heterocycles. The fourth-order valence-corrected chi connectivity index (χ4v) is 1.99. The van der Waals surface area contributed by atoms with Crippen molar-refractivity contribution in [3.05, 3.63) is 58.9 Å². The fourth-order valence-electron chi connectivity index (χ4n) is 1.86. The van der Waals surface area contributed by atoms with E-state index in [0.717, 1.165) is 11.3 Å². The minimum Gasteiger partial charge on any atom is -0.382 e. The van der Waals surface area contributed by atoms with Gasteiger partial charge in [-0.25, -0.2) is 0 Å². The molecule has 5 heteroatoms. The lowest BCUT2D eigenvalue weighted by Crippen LogP contribution is -2.23. The molecule has 1 heterocycles. The maximum atomic E-state index is 12.1. The third-order valence-electron chi connectivity index (χ3n) is 2.82. The van der Waals surface area contributed by atoms with Gasteiger partial charge in [-0.05, 0) is 37.6 Å². The number of nitrogens with one attached hydrogen (secondary N) is 2. The molecular formula is C16H18ClN3O. The lowest BCUT2D eigenvalue weighted by molar-refractivity contribution is 0.0950. The summed E-state index contributed by atoms with van der Waals surface area (Å²) in [6.45, 7) is 4.53. The van der Waals surface area contributed by atoms with Gasteiger partial charge >= 0.3 is 0 Å². The maximum Gasteiger partial charge on any atom is 0.253 e. The van der Waals surface area contributed by atoms with Gasteiger partial charge in [-0.3, -0.25) is 9.78 Å². The Hall–Kier alpha value is -2.07. The van der Waals surface area contributed by atoms with Crippen LogP contribution in [0.4, 0.5) is 5.69 Å². The molecule has 0 saturated carbocycles. The molecule has 2 N–H and O–H groups in total. The van der Waals surface area contributed by atoms with E-state index in [1.54, 1.807) is 30.6 Å². The second-order valence-corrected chi connectivity index (χ2v) is 5.51. The molecule has 0 unspecified atom stereocenters. The summed E-state index contributed by atoms with van der Waals surface area (Å²) in [6, 6.07) is 9.47. The van der Waals surface area contributed by atoms with Gasteiger partial charge in [-0.2, -0.15) is 0 Å². The van der Waals surface area contributed by atoms with Crippen LogP contribution in [0.15, 0.2) is 42.7 Å². The van der Waals surface area contributed by atoms with Gasteiger partial charge in [0.15, 0.2) is 0 Å². The smallest absolute Gasteiger partial charge is 0.253 e. The fraction of sp³-hybridized carbons (Fsp3) is 0.250. The molecule has 1 aromatic heterocycles. The van der Waals surface area contributed by atoms with Crippen LogP contribution >= 0.6 is 11.6 Å². The Morgan fingerprint density at radius 1 is 1.24 bits per heavy atom. The largest absolute Gasteiger partial charge is 0.382 e. The minimum absolute atomic E-state index is 0.148. The number of carbonyl (C=O) groups excluding carboxylic acids is 1. The van der Waals surface area contributed by atoms with Gasteiger partial charge in [0.1, 0.15) is 0 Å². The Morgan fingerprint density at radius 3 is 2.62 bits per heavy atom. The van der Waals surface area contributed by atoms with E-state index in [0.29, 0.717) is 23.2 Å². The van der Waals surface area contributed by atoms with E-state index in [-0.39, 0.29) is 5.91 Å². The summed E-state index contributed by atoms with van der Waals surface area (Å²) in [5, 5.41) is 6.77. The number of pyridine rings is 1. The van der Waals surface area contributed by atoms with Crippen LogP contribution in [0.1, 0.15) is 29.8 Å². The third kappa shape index (κ3) is 4.76. The first kappa shape index (κ1) is 15.3. The molecule has 1 amide bonds. The number of anilines is 1. The van der Waals surface area contributed by atoms with Gasteiger partial charge in [0.2, 0.25) is 0 Å². The Labute approximate surface area is 129 Å². The Kier molecular flexibility index (Phi) is 5.17. The van der Waals surface area contributed by atoms with E-state index in [4.69, 9.17) is 11.6 Å². The number of benzene rings is 1. The first-order valence-corrected chi connectivity index (χ1v) is 7.16. The van der Waals surface area contributed by atoms with Crippen LogP contribution in [-0.2, 0) is 6.54 Å². The van der Waals surface area contributed by atoms with Crippen molar-refractivity contribution in [2.75, 3.05) is 5.32 Å². The Morgan fingerprint density at radius 2 is 1.95 bits per heavy atom. The second-order valence-electron chi connectivity index (χ2n) is 5.07. The van der Waals surface area contributed by atoms with E-state index in [1.165, 1.54) is 0 Å². The van der Waals surface area contributed by atoms with Crippen molar-refractivity contribution in [2.45, 2.75) is 26.4 Å². The van der Waals surface area contributed by atoms with Crippen LogP contribution in [0, 0.1) is 0 Å². The molecule has 0 spiro atoms. The minimum atomic E-state index is -0.148. The molecule has 110 valence electrons. The normalized spacial score (nSPS) is 10.5. The molecule has 0 aliphatic carbocycles. The summed E-state index contributed by atoms with van der Waals surface area (Å²) >= 11 is 5.83. The maximum absolute atomic E-state index is 12.1. The number of aromatic nitrogens is 1. The molecule has 2 aromatic rings. The SMILES string of the molecule is CC(C)Nc1cncc(C(=O)NCc2ccc(Cl)cc2)c1. The van der Waals surface area contributed by atoms with Crippen molar-refractivity contribution < 1.29 is 4.79 Å². The first-order valence-electron chi connectivity index (χ1n) is 6.79. The van der Waals surface area contributed by atoms with Gasteiger partial charge in [0.05, 0.1) is 11.3 Å². The van der Waals surface area contributed by atoms with E-state index in [1.807, 2.05) is 26.0 Å². The van der Waals surface area contributed by atoms with Crippen LogP contribution in [0.25, 0.3) is 0 Å². The average molecular weight is 304 g/mol. The summed E-state index contributed by atoms with van der Waals surface area (Å²) in [6.07, 6.45) is 3.26. The molecule has 0 aliphatic rings. The molecule has 0 radical (unpaired) electrons. The molecule has 0 aliphatic heterocycles. The first-order chi connectivity index (χ1) is 10.0. The number of hydrogen-bond donors (Lipinski definition) is 2. The molecule has 21 heavy (non-hydrogen) atoms. The van der Waals surface area contributed by atoms with Gasteiger partial charge in [-0.15, -0.1) is 0 Å². The summed E-state index contributed by atoms with van der Waals surface area (Å²) in [7, 11) is 0. The number of carbonyl (C=O) groups is 1. The summed E-state index contributed by atoms with van der Waals surface area (Å²) in [4.78, 5) is 16.2. The third-order valence-corrected chi connectivity index (χ3v) is 3.07. The lowest BCUT2D eigenvalue weighted by Gasteiger charge is -2.11. The monoisotopic (exact) mass is 303 g/mol. The Bertz CT molecular complexity index is 611. The van der Waals surface area contributed by atoms with E-state index >= 15 is 0 Å². The number of hydrogen-bond acceptors (Lipinski definition) is 3. The van der Waals surface area contributed by atoms with Crippen molar-refractivity contribution in [3.8, 4) is 0 Å². The second kappa shape index (κ2) is 7.09. The molecule has 1 aromatic carbocycles. The summed E-state index contributed by atoms with van der Waals surface area (Å²) in [5.41, 5.74) is 2.37. The predicted molar refractivity (Wildman–Crippen MR) is 85.6 cm³/mol. The highest BCUT2D eigenvalue weighted by Gasteiger charge is 2.07. The number of amides is 1. The van der Waals surface area contributed by atoms with E-state index in [9.17, 15) is 4.79 Å². The quantitative estimate of drug-likeness (QED) is 0.889. The van der Waals surface area contributed by atoms with Crippen molar-refractivity contribution in [1.29, 1.82) is 0 Å². The van der Waals surface area contributed by atoms with Crippen molar-refractivity contribution in [1.82, 2.24) is 10.3 Å². The average Bonchev–Trinajstić information content (AvgIpc) is 2.46. The number of rotatable bonds is 5. The zero-order valence-corrected chi connectivity index (χ0v) is 12.8. The zero-order chi connectivity index (χ0) is 15.2. The molecule has 4 nitrogen and oxygen atoms in total. The highest BCUT2D eigenvalue weighted by Crippen LogP contribution is 2.11. The van der Waals surface area contributed by atoms with Crippen molar-refractivity contribution >= 4 is 23.2 Å². The van der Waals surface area contributed by atoms with Crippen LogP contribution in [0.2, 0.25) is 5.02 Å². The number of nitrogens with zero attached hydrogens (tertiary/aromatic N) is 1. The zero-order valence-electron chi connectivity index (χ0n) is 12.1. The van der Waals surface area contributed by atoms with Crippen LogP contribution in [-0.4, -0.2) is 16.9 Å². The lowest BCUT2D eigenvalue weighted by atomic mass is 10.2. The van der Waals surface area contributed by atoms with Crippen LogP contribution < -0.4 is 10.6 Å². The highest BCUT2D eigenvalue weighted by atomic mass is 35.5. The predicted octanol–water partition coefficient (Wildman–Crippen LogP) is 3.49. The molecule has 0 bridgehead atoms. The number of halogens is 1. The topological polar surface area (TPSA) is 54.0 Å². The standard InChI is InChI=1S/C16H18ClN3O/c1-11(2)20-15-7-13(9-18-10-15)16(21)19-8-12-3-5-14(17)6-4-12/h3-7,9-11,20H,8H2,1-2H3,(H,19,21). The Balaban J connectivity index is 1.98. The van der Waals surface area contributed by atoms with Crippen LogP contribution in [0.5, 0.6) is 0 Å². The molecule has 0 atom stereocenters.